The summed E-state index contributed by atoms with van der Waals surface area (Å²) in [5.74, 6) is 2.37. The zero-order valence-electron chi connectivity index (χ0n) is 79.4. The molecular weight excluding hydrogens is 1880 g/mol. The van der Waals surface area contributed by atoms with E-state index in [4.69, 9.17) is 46.3 Å². The van der Waals surface area contributed by atoms with Gasteiger partial charge in [-0.05, 0) is 227 Å². The Balaban J connectivity index is 0.000000138. The number of carbonyl (C=O) groups is 5. The molecule has 137 heavy (non-hydrogen) atoms. The minimum Gasteiger partial charge on any atom is -0.460 e. The van der Waals surface area contributed by atoms with E-state index in [0.717, 1.165) is 120 Å². The zero-order valence-corrected chi connectivity index (χ0v) is 83.4. The number of anilines is 6. The van der Waals surface area contributed by atoms with E-state index < -0.39 is 35.6 Å². The van der Waals surface area contributed by atoms with Crippen LogP contribution in [0.15, 0.2) is 277 Å². The van der Waals surface area contributed by atoms with Crippen molar-refractivity contribution in [3.05, 3.63) is 304 Å². The fourth-order valence-electron chi connectivity index (χ4n) is 15.7. The van der Waals surface area contributed by atoms with E-state index in [1.807, 2.05) is 280 Å². The van der Waals surface area contributed by atoms with Crippen LogP contribution in [-0.2, 0) is 64.1 Å². The van der Waals surface area contributed by atoms with Gasteiger partial charge in [0.25, 0.3) is 0 Å². The Morgan fingerprint density at radius 3 is 1.26 bits per heavy atom. The molecule has 4 aliphatic rings. The molecule has 30 nitrogen and oxygen atoms in total. The molecule has 12 heterocycles. The molecule has 0 bridgehead atoms. The first kappa shape index (κ1) is 99.7. The Morgan fingerprint density at radius 2 is 0.839 bits per heavy atom. The van der Waals surface area contributed by atoms with Crippen molar-refractivity contribution in [3.8, 4) is 22.5 Å². The van der Waals surface area contributed by atoms with Crippen LogP contribution in [0.2, 0.25) is 5.15 Å². The largest absolute Gasteiger partial charge is 0.494 e. The number of halogens is 3. The van der Waals surface area contributed by atoms with E-state index in [2.05, 4.69) is 136 Å². The highest BCUT2D eigenvalue weighted by atomic mass is 79.9. The van der Waals surface area contributed by atoms with Gasteiger partial charge >= 0.3 is 19.2 Å². The molecule has 4 aliphatic heterocycles. The number of nitrogens with zero attached hydrogens (tertiary/aromatic N) is 18. The third-order valence-electron chi connectivity index (χ3n) is 23.2. The van der Waals surface area contributed by atoms with Crippen LogP contribution in [0.25, 0.3) is 45.1 Å². The van der Waals surface area contributed by atoms with Crippen LogP contribution in [0.1, 0.15) is 117 Å². The SMILES string of the molecule is CC(C)(C)OC(=O)N[C@H]1CC(=O)N(c2ccc(B3OC(C)(C)C(C)(C)O3)cc2)C1.CN(Cc1ccccc1)c1ccc2ncc(-c3ccc(N4C[C@@H](CC(=O)OC(C)(C)C)CC4=O)cc3)n2n1.CN(Cc1ccccc1)c1ccc2ncc(-c3ccc(N4C[C@@H](N)CC4=O)cc3)n2n1.CN(Cc1ccccc1)c1ccc2ncc(Br)n2n1.CNCc1ccccc1.Clc1ccc2ncc(Br)n2n1. The number of nitrogens with two attached hydrogens (primary N) is 1. The number of hydrogen-bond donors (Lipinski definition) is 3. The smallest absolute Gasteiger partial charge is 0.460 e. The highest BCUT2D eigenvalue weighted by molar-refractivity contribution is 9.10. The molecule has 4 fully saturated rings. The van der Waals surface area contributed by atoms with Gasteiger partial charge in [0.05, 0.1) is 59.8 Å². The van der Waals surface area contributed by atoms with Gasteiger partial charge in [-0.3, -0.25) is 19.2 Å². The van der Waals surface area contributed by atoms with Crippen molar-refractivity contribution in [3.63, 3.8) is 0 Å². The van der Waals surface area contributed by atoms with Gasteiger partial charge in [-0.25, -0.2) is 42.8 Å². The highest BCUT2D eigenvalue weighted by Crippen LogP contribution is 2.38. The first-order valence-electron chi connectivity index (χ1n) is 45.3. The molecule has 15 aromatic rings. The second kappa shape index (κ2) is 44.2. The van der Waals surface area contributed by atoms with Crippen LogP contribution in [-0.4, -0.2) is 178 Å². The summed E-state index contributed by atoms with van der Waals surface area (Å²) < 4.78 is 31.6. The highest BCUT2D eigenvalue weighted by Gasteiger charge is 2.52. The number of amides is 4. The Labute approximate surface area is 820 Å². The van der Waals surface area contributed by atoms with Gasteiger partial charge in [-0.2, -0.15) is 5.10 Å². The topological polar surface area (TPSA) is 313 Å². The summed E-state index contributed by atoms with van der Waals surface area (Å²) in [4.78, 5) is 90.3. The summed E-state index contributed by atoms with van der Waals surface area (Å²) in [5.41, 5.74) is 19.3. The quantitative estimate of drug-likeness (QED) is 0.0471. The van der Waals surface area contributed by atoms with E-state index in [1.165, 1.54) is 22.3 Å². The molecular formula is C103H115BBr2ClN21O9. The Hall–Kier alpha value is -13.3. The second-order valence-electron chi connectivity index (χ2n) is 37.0. The van der Waals surface area contributed by atoms with Gasteiger partial charge in [0.1, 0.15) is 43.0 Å². The average molecular weight is 2000 g/mol. The number of benzene rings is 7. The number of esters is 1. The minimum absolute atomic E-state index is 0.0221. The molecule has 4 amide bonds. The maximum Gasteiger partial charge on any atom is 0.494 e. The molecule has 3 atom stereocenters. The molecule has 4 saturated heterocycles. The van der Waals surface area contributed by atoms with Gasteiger partial charge < -0.3 is 64.5 Å². The molecule has 0 saturated carbocycles. The fraction of sp³-hybridized carbons (Fsp3) is 0.311. The number of carbonyl (C=O) groups excluding carboxylic acids is 5. The molecule has 710 valence electrons. The minimum atomic E-state index is -0.574. The summed E-state index contributed by atoms with van der Waals surface area (Å²) in [6.45, 7) is 23.8. The van der Waals surface area contributed by atoms with Crippen LogP contribution in [0.4, 0.5) is 39.3 Å². The second-order valence-corrected chi connectivity index (χ2v) is 39.0. The first-order chi connectivity index (χ1) is 65.5. The molecule has 7 aromatic carbocycles. The van der Waals surface area contributed by atoms with Crippen molar-refractivity contribution in [2.75, 3.05) is 77.2 Å². The van der Waals surface area contributed by atoms with E-state index in [-0.39, 0.29) is 54.5 Å². The van der Waals surface area contributed by atoms with Gasteiger partial charge in [0.15, 0.2) is 22.6 Å². The number of rotatable bonds is 20. The number of alkyl carbamates (subject to hydrolysis) is 1. The lowest BCUT2D eigenvalue weighted by atomic mass is 9.79. The lowest BCUT2D eigenvalue weighted by Gasteiger charge is -2.32. The Morgan fingerprint density at radius 1 is 0.467 bits per heavy atom. The van der Waals surface area contributed by atoms with Crippen molar-refractivity contribution < 1.29 is 42.8 Å². The summed E-state index contributed by atoms with van der Waals surface area (Å²) >= 11 is 12.4. The molecule has 0 spiro atoms. The van der Waals surface area contributed by atoms with Crippen molar-refractivity contribution in [1.29, 1.82) is 0 Å². The van der Waals surface area contributed by atoms with E-state index >= 15 is 0 Å². The van der Waals surface area contributed by atoms with Crippen molar-refractivity contribution in [2.45, 2.75) is 156 Å². The molecule has 34 heteroatoms. The van der Waals surface area contributed by atoms with Gasteiger partial charge in [-0.1, -0.05) is 169 Å². The van der Waals surface area contributed by atoms with Crippen LogP contribution in [0, 0.1) is 5.92 Å². The van der Waals surface area contributed by atoms with Crippen molar-refractivity contribution in [2.24, 2.45) is 11.7 Å². The van der Waals surface area contributed by atoms with E-state index in [1.54, 1.807) is 69.0 Å². The van der Waals surface area contributed by atoms with E-state index in [9.17, 15) is 24.0 Å². The Bertz CT molecular complexity index is 6610. The number of hydrogen-bond acceptors (Lipinski definition) is 22. The molecule has 0 aliphatic carbocycles. The van der Waals surface area contributed by atoms with Crippen LogP contribution in [0.5, 0.6) is 0 Å². The fourth-order valence-corrected chi connectivity index (χ4v) is 16.6. The lowest BCUT2D eigenvalue weighted by molar-refractivity contribution is -0.155. The Kier molecular flexibility index (Phi) is 32.2. The van der Waals surface area contributed by atoms with E-state index in [0.29, 0.717) is 37.6 Å². The molecule has 0 radical (unpaired) electrons. The average Bonchev–Trinajstić information content (AvgIpc) is 1.66. The van der Waals surface area contributed by atoms with Gasteiger partial charge in [-0.15, -0.1) is 15.3 Å². The first-order valence-corrected chi connectivity index (χ1v) is 47.3. The van der Waals surface area contributed by atoms with Gasteiger partial charge in [0.2, 0.25) is 17.7 Å². The van der Waals surface area contributed by atoms with Gasteiger partial charge in [0, 0.05) is 120 Å². The lowest BCUT2D eigenvalue weighted by Crippen LogP contribution is -2.41. The third-order valence-corrected chi connectivity index (χ3v) is 24.5. The number of fused-ring (bicyclic) bond motifs is 4. The monoisotopic (exact) mass is 1990 g/mol. The summed E-state index contributed by atoms with van der Waals surface area (Å²) in [5, 5.41) is 24.6. The summed E-state index contributed by atoms with van der Waals surface area (Å²) in [7, 11) is 7.60. The normalized spacial score (nSPS) is 16.0. The number of imidazole rings is 4. The number of nitrogens with one attached hydrogen (secondary N) is 2. The summed E-state index contributed by atoms with van der Waals surface area (Å²) in [6.07, 6.45) is 7.81. The zero-order chi connectivity index (χ0) is 97.5. The van der Waals surface area contributed by atoms with Crippen LogP contribution < -0.4 is 51.2 Å². The predicted molar refractivity (Wildman–Crippen MR) is 546 cm³/mol. The molecule has 4 N–H and O–H groups in total. The predicted octanol–water partition coefficient (Wildman–Crippen LogP) is 17.5. The number of aromatic nitrogens is 12. The van der Waals surface area contributed by atoms with Crippen molar-refractivity contribution >= 4 is 143 Å². The molecule has 19 rings (SSSR count). The van der Waals surface area contributed by atoms with Crippen LogP contribution in [0.3, 0.4) is 0 Å². The molecule has 0 unspecified atom stereocenters. The third kappa shape index (κ3) is 26.3. The van der Waals surface area contributed by atoms with Crippen LogP contribution >= 0.6 is 43.5 Å². The standard InChI is InChI=1S/C30H33N5O3.C24H24N6O.C21H31BN2O5.C14H13BrN4.C8H11N.C6H3BrClN3/c1-30(2,3)38-29(37)17-22-16-28(36)34(20-22)24-12-10-23(11-13-24)25-18-31-26-14-15-27(32-35(25)26)33(4)19-21-8-6-5-7-9-21;1-28(15-17-5-3-2-4-6-17)23-12-11-22-26-14-21(30(22)27-23)18-7-9-20(10-8-18)29-16-19(25)13-24(29)31;1-19(2,3)27-18(26)23-15-12-17(25)24(13-15)16-10-8-14(9-11-16)22-28-20(4,5)21(6,7)29-22;1-18(10-11-5-3-2-4-6-11)14-8-7-13-16-9-12(15)19(13)17-14;1-9-7-8-5-3-2-4-6-8;7-4-3-9-6-2-1-5(8)10-11(4)6/h5-15,18,22H,16-17,19-20H2,1-4H3;2-12,14,19H,13,15-16,25H2,1H3;8-11,15H,12-13H2,1-7H3,(H,23,26);2-9H,10H2,1H3;2-6,9H,7H2,1H3;1-3H/t22-;19-;15-;;;/m100.../s1. The summed E-state index contributed by atoms with van der Waals surface area (Å²) in [6, 6.07) is 79.6. The maximum absolute atomic E-state index is 12.7. The number of ether oxygens (including phenoxy) is 2. The molecule has 8 aromatic heterocycles. The maximum atomic E-state index is 12.7. The van der Waals surface area contributed by atoms with Crippen molar-refractivity contribution in [1.82, 2.24) is 69.0 Å².